The van der Waals surface area contributed by atoms with Gasteiger partial charge < -0.3 is 20.5 Å². The van der Waals surface area contributed by atoms with Gasteiger partial charge in [0.15, 0.2) is 6.61 Å². The molecule has 0 fully saturated rings. The van der Waals surface area contributed by atoms with Gasteiger partial charge in [0.1, 0.15) is 11.5 Å². The lowest BCUT2D eigenvalue weighted by molar-refractivity contribution is -0.118. The smallest absolute Gasteiger partial charge is 0.262 e. The molecule has 0 spiro atoms. The SMILES string of the molecule is CCOc1ccc(NC(=O)COc2ccc(Cl)cc2Cl)c(N)c1. The highest BCUT2D eigenvalue weighted by atomic mass is 35.5. The van der Waals surface area contributed by atoms with Gasteiger partial charge in [-0.3, -0.25) is 4.79 Å². The number of carbonyl (C=O) groups excluding carboxylic acids is 1. The minimum absolute atomic E-state index is 0.200. The lowest BCUT2D eigenvalue weighted by Gasteiger charge is -2.11. The summed E-state index contributed by atoms with van der Waals surface area (Å²) in [6, 6.07) is 9.82. The Morgan fingerprint density at radius 1 is 1.17 bits per heavy atom. The van der Waals surface area contributed by atoms with E-state index in [-0.39, 0.29) is 12.5 Å². The van der Waals surface area contributed by atoms with Crippen LogP contribution in [0.25, 0.3) is 0 Å². The summed E-state index contributed by atoms with van der Waals surface area (Å²) in [6.07, 6.45) is 0. The normalized spacial score (nSPS) is 10.2. The van der Waals surface area contributed by atoms with Gasteiger partial charge in [0.2, 0.25) is 0 Å². The predicted octanol–water partition coefficient (Wildman–Crippen LogP) is 3.99. The Labute approximate surface area is 144 Å². The minimum Gasteiger partial charge on any atom is -0.494 e. The van der Waals surface area contributed by atoms with E-state index in [9.17, 15) is 4.79 Å². The van der Waals surface area contributed by atoms with Crippen molar-refractivity contribution in [3.63, 3.8) is 0 Å². The Morgan fingerprint density at radius 2 is 1.96 bits per heavy atom. The van der Waals surface area contributed by atoms with Crippen molar-refractivity contribution < 1.29 is 14.3 Å². The summed E-state index contributed by atoms with van der Waals surface area (Å²) < 4.78 is 10.7. The van der Waals surface area contributed by atoms with E-state index in [1.807, 2.05) is 6.92 Å². The van der Waals surface area contributed by atoms with Gasteiger partial charge in [0.05, 0.1) is 23.0 Å². The standard InChI is InChI=1S/C16H16Cl2N2O3/c1-2-22-11-4-5-14(13(19)8-11)20-16(21)9-23-15-6-3-10(17)7-12(15)18/h3-8H,2,9,19H2,1H3,(H,20,21). The molecule has 0 radical (unpaired) electrons. The number of nitrogen functional groups attached to an aromatic ring is 1. The van der Waals surface area contributed by atoms with Crippen LogP contribution in [-0.4, -0.2) is 19.1 Å². The molecule has 3 N–H and O–H groups in total. The molecule has 5 nitrogen and oxygen atoms in total. The molecule has 0 aliphatic rings. The summed E-state index contributed by atoms with van der Waals surface area (Å²) >= 11 is 11.8. The quantitative estimate of drug-likeness (QED) is 0.769. The fraction of sp³-hybridized carbons (Fsp3) is 0.188. The third-order valence-corrected chi connectivity index (χ3v) is 3.39. The van der Waals surface area contributed by atoms with Crippen molar-refractivity contribution in [3.05, 3.63) is 46.4 Å². The van der Waals surface area contributed by atoms with Crippen LogP contribution in [0.4, 0.5) is 11.4 Å². The Kier molecular flexibility index (Phi) is 5.96. The van der Waals surface area contributed by atoms with Gasteiger partial charge in [-0.1, -0.05) is 23.2 Å². The molecule has 0 aromatic heterocycles. The second-order valence-corrected chi connectivity index (χ2v) is 5.44. The van der Waals surface area contributed by atoms with Crippen molar-refractivity contribution in [1.82, 2.24) is 0 Å². The molecule has 2 aromatic carbocycles. The molecule has 2 aromatic rings. The summed E-state index contributed by atoms with van der Waals surface area (Å²) in [4.78, 5) is 11.9. The van der Waals surface area contributed by atoms with Crippen LogP contribution in [0.1, 0.15) is 6.92 Å². The highest BCUT2D eigenvalue weighted by molar-refractivity contribution is 6.35. The number of carbonyl (C=O) groups is 1. The summed E-state index contributed by atoms with van der Waals surface area (Å²) in [6.45, 7) is 2.22. The number of nitrogens with one attached hydrogen (secondary N) is 1. The van der Waals surface area contributed by atoms with Crippen LogP contribution in [0.5, 0.6) is 11.5 Å². The number of benzene rings is 2. The fourth-order valence-electron chi connectivity index (χ4n) is 1.83. The second-order valence-electron chi connectivity index (χ2n) is 4.59. The molecule has 0 unspecified atom stereocenters. The van der Waals surface area contributed by atoms with Gasteiger partial charge in [0, 0.05) is 11.1 Å². The van der Waals surface area contributed by atoms with E-state index in [0.717, 1.165) is 0 Å². The topological polar surface area (TPSA) is 73.6 Å². The van der Waals surface area contributed by atoms with E-state index in [1.165, 1.54) is 0 Å². The summed E-state index contributed by atoms with van der Waals surface area (Å²) in [5, 5.41) is 3.50. The van der Waals surface area contributed by atoms with Crippen LogP contribution >= 0.6 is 23.2 Å². The van der Waals surface area contributed by atoms with Gasteiger partial charge in [-0.15, -0.1) is 0 Å². The number of anilines is 2. The van der Waals surface area contributed by atoms with Gasteiger partial charge in [-0.25, -0.2) is 0 Å². The molecular formula is C16H16Cl2N2O3. The fourth-order valence-corrected chi connectivity index (χ4v) is 2.30. The van der Waals surface area contributed by atoms with Crippen LogP contribution in [0.3, 0.4) is 0 Å². The Balaban J connectivity index is 1.94. The van der Waals surface area contributed by atoms with E-state index in [0.29, 0.717) is 39.5 Å². The maximum Gasteiger partial charge on any atom is 0.262 e. The molecule has 7 heteroatoms. The number of hydrogen-bond acceptors (Lipinski definition) is 4. The van der Waals surface area contributed by atoms with E-state index >= 15 is 0 Å². The zero-order valence-electron chi connectivity index (χ0n) is 12.4. The lowest BCUT2D eigenvalue weighted by Crippen LogP contribution is -2.20. The summed E-state index contributed by atoms with van der Waals surface area (Å²) in [7, 11) is 0. The van der Waals surface area contributed by atoms with Gasteiger partial charge in [0.25, 0.3) is 5.91 Å². The molecular weight excluding hydrogens is 339 g/mol. The van der Waals surface area contributed by atoms with E-state index < -0.39 is 0 Å². The third-order valence-electron chi connectivity index (χ3n) is 2.86. The van der Waals surface area contributed by atoms with Crippen molar-refractivity contribution in [3.8, 4) is 11.5 Å². The van der Waals surface area contributed by atoms with Crippen LogP contribution in [-0.2, 0) is 4.79 Å². The number of halogens is 2. The first-order chi connectivity index (χ1) is 11.0. The number of amides is 1. The molecule has 0 saturated carbocycles. The molecule has 0 aliphatic heterocycles. The first-order valence-electron chi connectivity index (χ1n) is 6.89. The number of ether oxygens (including phenoxy) is 2. The molecule has 122 valence electrons. The number of hydrogen-bond donors (Lipinski definition) is 2. The molecule has 0 atom stereocenters. The maximum absolute atomic E-state index is 11.9. The van der Waals surface area contributed by atoms with Crippen LogP contribution in [0.15, 0.2) is 36.4 Å². The average molecular weight is 355 g/mol. The monoisotopic (exact) mass is 354 g/mol. The molecule has 0 bridgehead atoms. The Hall–Kier alpha value is -2.11. The largest absolute Gasteiger partial charge is 0.494 e. The molecule has 0 aliphatic carbocycles. The zero-order chi connectivity index (χ0) is 16.8. The predicted molar refractivity (Wildman–Crippen MR) is 92.6 cm³/mol. The first-order valence-corrected chi connectivity index (χ1v) is 7.65. The molecule has 0 saturated heterocycles. The highest BCUT2D eigenvalue weighted by Crippen LogP contribution is 2.28. The van der Waals surface area contributed by atoms with Gasteiger partial charge >= 0.3 is 0 Å². The average Bonchev–Trinajstić information content (AvgIpc) is 2.49. The van der Waals surface area contributed by atoms with Gasteiger partial charge in [-0.2, -0.15) is 0 Å². The van der Waals surface area contributed by atoms with Crippen molar-refractivity contribution in [2.75, 3.05) is 24.3 Å². The minimum atomic E-state index is -0.355. The zero-order valence-corrected chi connectivity index (χ0v) is 13.9. The Morgan fingerprint density at radius 3 is 2.61 bits per heavy atom. The summed E-state index contributed by atoms with van der Waals surface area (Å²) in [5.74, 6) is 0.671. The second kappa shape index (κ2) is 7.94. The lowest BCUT2D eigenvalue weighted by atomic mass is 10.2. The van der Waals surface area contributed by atoms with E-state index in [1.54, 1.807) is 36.4 Å². The van der Waals surface area contributed by atoms with E-state index in [4.69, 9.17) is 38.4 Å². The van der Waals surface area contributed by atoms with Crippen molar-refractivity contribution in [2.24, 2.45) is 0 Å². The van der Waals surface area contributed by atoms with Crippen LogP contribution < -0.4 is 20.5 Å². The summed E-state index contributed by atoms with van der Waals surface area (Å²) in [5.41, 5.74) is 6.78. The van der Waals surface area contributed by atoms with Crippen molar-refractivity contribution >= 4 is 40.5 Å². The third kappa shape index (κ3) is 4.94. The van der Waals surface area contributed by atoms with Crippen LogP contribution in [0, 0.1) is 0 Å². The first kappa shape index (κ1) is 17.2. The van der Waals surface area contributed by atoms with Crippen molar-refractivity contribution in [1.29, 1.82) is 0 Å². The van der Waals surface area contributed by atoms with Crippen LogP contribution in [0.2, 0.25) is 10.0 Å². The molecule has 23 heavy (non-hydrogen) atoms. The number of rotatable bonds is 6. The van der Waals surface area contributed by atoms with Gasteiger partial charge in [-0.05, 0) is 37.3 Å². The number of nitrogens with two attached hydrogens (primary N) is 1. The molecule has 1 amide bonds. The Bertz CT molecular complexity index is 708. The molecule has 2 rings (SSSR count). The molecule has 0 heterocycles. The van der Waals surface area contributed by atoms with Crippen molar-refractivity contribution in [2.45, 2.75) is 6.92 Å². The maximum atomic E-state index is 11.9. The highest BCUT2D eigenvalue weighted by Gasteiger charge is 2.09. The van der Waals surface area contributed by atoms with E-state index in [2.05, 4.69) is 5.32 Å².